The standard InChI is InChI=1S/C19H22FN3O2/c1-2-17-21-11-14(12-22-17)18(24)23-13-19(6-8-25-9-7-19)15-4-3-5-16(20)10-15/h3-5,10-12H,2,6-9,13H2,1H3,(H,23,24). The van der Waals surface area contributed by atoms with Crippen molar-refractivity contribution in [2.24, 2.45) is 0 Å². The number of carbonyl (C=O) groups is 1. The Hall–Kier alpha value is -2.34. The monoisotopic (exact) mass is 343 g/mol. The number of amides is 1. The zero-order chi connectivity index (χ0) is 17.7. The Kier molecular flexibility index (Phi) is 5.38. The van der Waals surface area contributed by atoms with E-state index < -0.39 is 0 Å². The first-order valence-corrected chi connectivity index (χ1v) is 8.56. The first kappa shape index (κ1) is 17.5. The second-order valence-electron chi connectivity index (χ2n) is 6.33. The SMILES string of the molecule is CCc1ncc(C(=O)NCC2(c3cccc(F)c3)CCOCC2)cn1. The van der Waals surface area contributed by atoms with Crippen LogP contribution in [0, 0.1) is 5.82 Å². The van der Waals surface area contributed by atoms with E-state index in [0.717, 1.165) is 24.8 Å². The number of nitrogens with zero attached hydrogens (tertiary/aromatic N) is 2. The van der Waals surface area contributed by atoms with Crippen LogP contribution in [-0.2, 0) is 16.6 Å². The molecule has 3 rings (SSSR count). The van der Waals surface area contributed by atoms with Crippen LogP contribution >= 0.6 is 0 Å². The number of hydrogen-bond acceptors (Lipinski definition) is 4. The molecule has 0 spiro atoms. The maximum Gasteiger partial charge on any atom is 0.254 e. The third kappa shape index (κ3) is 4.02. The van der Waals surface area contributed by atoms with Gasteiger partial charge in [0.1, 0.15) is 11.6 Å². The summed E-state index contributed by atoms with van der Waals surface area (Å²) in [6.07, 6.45) is 5.29. The summed E-state index contributed by atoms with van der Waals surface area (Å²) < 4.78 is 19.2. The number of benzene rings is 1. The second-order valence-corrected chi connectivity index (χ2v) is 6.33. The van der Waals surface area contributed by atoms with E-state index in [0.29, 0.717) is 31.1 Å². The van der Waals surface area contributed by atoms with E-state index in [2.05, 4.69) is 15.3 Å². The molecular formula is C19H22FN3O2. The number of nitrogens with one attached hydrogen (secondary N) is 1. The molecule has 132 valence electrons. The molecule has 1 aromatic heterocycles. The number of rotatable bonds is 5. The molecule has 0 saturated carbocycles. The fraction of sp³-hybridized carbons (Fsp3) is 0.421. The van der Waals surface area contributed by atoms with Crippen molar-refractivity contribution in [2.75, 3.05) is 19.8 Å². The minimum absolute atomic E-state index is 0.218. The van der Waals surface area contributed by atoms with Crippen molar-refractivity contribution >= 4 is 5.91 Å². The lowest BCUT2D eigenvalue weighted by atomic mass is 9.74. The average Bonchev–Trinajstić information content (AvgIpc) is 2.67. The highest BCUT2D eigenvalue weighted by Gasteiger charge is 2.35. The van der Waals surface area contributed by atoms with Gasteiger partial charge in [0.15, 0.2) is 0 Å². The molecule has 5 nitrogen and oxygen atoms in total. The lowest BCUT2D eigenvalue weighted by molar-refractivity contribution is 0.0486. The third-order valence-electron chi connectivity index (χ3n) is 4.76. The van der Waals surface area contributed by atoms with Gasteiger partial charge in [-0.2, -0.15) is 0 Å². The third-order valence-corrected chi connectivity index (χ3v) is 4.76. The van der Waals surface area contributed by atoms with Gasteiger partial charge in [-0.25, -0.2) is 14.4 Å². The molecule has 1 fully saturated rings. The van der Waals surface area contributed by atoms with Crippen LogP contribution in [0.5, 0.6) is 0 Å². The quantitative estimate of drug-likeness (QED) is 0.906. The molecular weight excluding hydrogens is 321 g/mol. The Morgan fingerprint density at radius 2 is 2.00 bits per heavy atom. The molecule has 1 saturated heterocycles. The fourth-order valence-corrected chi connectivity index (χ4v) is 3.15. The zero-order valence-electron chi connectivity index (χ0n) is 14.3. The van der Waals surface area contributed by atoms with E-state index in [1.54, 1.807) is 24.5 Å². The topological polar surface area (TPSA) is 64.1 Å². The minimum atomic E-state index is -0.319. The molecule has 1 aliphatic rings. The van der Waals surface area contributed by atoms with E-state index >= 15 is 0 Å². The van der Waals surface area contributed by atoms with Crippen molar-refractivity contribution in [3.8, 4) is 0 Å². The summed E-state index contributed by atoms with van der Waals surface area (Å²) in [5, 5.41) is 2.97. The Balaban J connectivity index is 1.75. The van der Waals surface area contributed by atoms with E-state index in [1.165, 1.54) is 6.07 Å². The molecule has 2 heterocycles. The highest BCUT2D eigenvalue weighted by Crippen LogP contribution is 2.34. The van der Waals surface area contributed by atoms with Crippen LogP contribution in [0.3, 0.4) is 0 Å². The lowest BCUT2D eigenvalue weighted by Crippen LogP contribution is -2.44. The van der Waals surface area contributed by atoms with Gasteiger partial charge >= 0.3 is 0 Å². The molecule has 0 bridgehead atoms. The van der Waals surface area contributed by atoms with Crippen molar-refractivity contribution in [3.63, 3.8) is 0 Å². The van der Waals surface area contributed by atoms with E-state index in [4.69, 9.17) is 4.74 Å². The van der Waals surface area contributed by atoms with Crippen LogP contribution in [0.2, 0.25) is 0 Å². The maximum absolute atomic E-state index is 13.7. The van der Waals surface area contributed by atoms with Gasteiger partial charge in [-0.3, -0.25) is 4.79 Å². The number of aryl methyl sites for hydroxylation is 1. The summed E-state index contributed by atoms with van der Waals surface area (Å²) in [4.78, 5) is 20.7. The normalized spacial score (nSPS) is 16.4. The number of hydrogen-bond donors (Lipinski definition) is 1. The molecule has 1 aliphatic heterocycles. The van der Waals surface area contributed by atoms with Gasteiger partial charge in [0.2, 0.25) is 0 Å². The van der Waals surface area contributed by atoms with Crippen molar-refractivity contribution in [2.45, 2.75) is 31.6 Å². The molecule has 2 aromatic rings. The Morgan fingerprint density at radius 1 is 1.28 bits per heavy atom. The lowest BCUT2D eigenvalue weighted by Gasteiger charge is -2.38. The number of ether oxygens (including phenoxy) is 1. The van der Waals surface area contributed by atoms with E-state index in [1.807, 2.05) is 13.0 Å². The van der Waals surface area contributed by atoms with Crippen LogP contribution in [0.25, 0.3) is 0 Å². The van der Waals surface area contributed by atoms with E-state index in [9.17, 15) is 9.18 Å². The summed E-state index contributed by atoms with van der Waals surface area (Å²) in [5.41, 5.74) is 1.01. The predicted molar refractivity (Wildman–Crippen MR) is 91.9 cm³/mol. The van der Waals surface area contributed by atoms with Gasteiger partial charge < -0.3 is 10.1 Å². The molecule has 0 aliphatic carbocycles. The first-order valence-electron chi connectivity index (χ1n) is 8.56. The molecule has 1 aromatic carbocycles. The Morgan fingerprint density at radius 3 is 2.64 bits per heavy atom. The molecule has 6 heteroatoms. The fourth-order valence-electron chi connectivity index (χ4n) is 3.15. The highest BCUT2D eigenvalue weighted by molar-refractivity contribution is 5.93. The molecule has 25 heavy (non-hydrogen) atoms. The van der Waals surface area contributed by atoms with Gasteiger partial charge in [-0.15, -0.1) is 0 Å². The number of halogens is 1. The van der Waals surface area contributed by atoms with Crippen LogP contribution in [0.15, 0.2) is 36.7 Å². The molecule has 1 amide bonds. The van der Waals surface area contributed by atoms with Crippen LogP contribution in [0.4, 0.5) is 4.39 Å². The van der Waals surface area contributed by atoms with Gasteiger partial charge in [0.05, 0.1) is 5.56 Å². The number of carbonyl (C=O) groups excluding carboxylic acids is 1. The summed E-state index contributed by atoms with van der Waals surface area (Å²) in [6.45, 7) is 3.58. The van der Waals surface area contributed by atoms with Crippen molar-refractivity contribution in [1.82, 2.24) is 15.3 Å². The summed E-state index contributed by atoms with van der Waals surface area (Å²) >= 11 is 0. The van der Waals surface area contributed by atoms with Crippen molar-refractivity contribution < 1.29 is 13.9 Å². The summed E-state index contributed by atoms with van der Waals surface area (Å²) in [6, 6.07) is 6.61. The van der Waals surface area contributed by atoms with Crippen molar-refractivity contribution in [3.05, 3.63) is 59.4 Å². The van der Waals surface area contributed by atoms with Gasteiger partial charge in [0, 0.05) is 44.0 Å². The van der Waals surface area contributed by atoms with Gasteiger partial charge in [-0.1, -0.05) is 19.1 Å². The minimum Gasteiger partial charge on any atom is -0.381 e. The molecule has 0 atom stereocenters. The predicted octanol–water partition coefficient (Wildman–Crippen LogP) is 2.66. The van der Waals surface area contributed by atoms with Crippen LogP contribution < -0.4 is 5.32 Å². The van der Waals surface area contributed by atoms with Gasteiger partial charge in [-0.05, 0) is 30.5 Å². The van der Waals surface area contributed by atoms with Gasteiger partial charge in [0.25, 0.3) is 5.91 Å². The Bertz CT molecular complexity index is 728. The zero-order valence-corrected chi connectivity index (χ0v) is 14.3. The highest BCUT2D eigenvalue weighted by atomic mass is 19.1. The average molecular weight is 343 g/mol. The number of aromatic nitrogens is 2. The van der Waals surface area contributed by atoms with Crippen LogP contribution in [-0.4, -0.2) is 35.6 Å². The maximum atomic E-state index is 13.7. The smallest absolute Gasteiger partial charge is 0.254 e. The molecule has 0 radical (unpaired) electrons. The second kappa shape index (κ2) is 7.70. The molecule has 0 unspecified atom stereocenters. The first-order chi connectivity index (χ1) is 12.1. The largest absolute Gasteiger partial charge is 0.381 e. The van der Waals surface area contributed by atoms with Crippen LogP contribution in [0.1, 0.15) is 41.5 Å². The van der Waals surface area contributed by atoms with E-state index in [-0.39, 0.29) is 17.1 Å². The summed E-state index contributed by atoms with van der Waals surface area (Å²) in [7, 11) is 0. The molecule has 1 N–H and O–H groups in total. The van der Waals surface area contributed by atoms with Crippen molar-refractivity contribution in [1.29, 1.82) is 0 Å². The Labute approximate surface area is 146 Å². The summed E-state index contributed by atoms with van der Waals surface area (Å²) in [5.74, 6) is 0.223.